The van der Waals surface area contributed by atoms with E-state index in [2.05, 4.69) is 19.2 Å². The van der Waals surface area contributed by atoms with Gasteiger partial charge < -0.3 is 11.1 Å². The summed E-state index contributed by atoms with van der Waals surface area (Å²) in [6.45, 7) is 7.00. The quantitative estimate of drug-likeness (QED) is 0.792. The number of amides is 3. The molecule has 0 spiro atoms. The normalized spacial score (nSPS) is 21.6. The van der Waals surface area contributed by atoms with Gasteiger partial charge in [0, 0.05) is 6.54 Å². The molecule has 1 aromatic carbocycles. The molecule has 0 aliphatic carbocycles. The van der Waals surface area contributed by atoms with Gasteiger partial charge in [-0.3, -0.25) is 9.69 Å². The van der Waals surface area contributed by atoms with Gasteiger partial charge in [0.25, 0.3) is 5.91 Å². The molecule has 1 fully saturated rings. The van der Waals surface area contributed by atoms with E-state index in [1.807, 2.05) is 31.2 Å². The third-order valence-electron chi connectivity index (χ3n) is 4.36. The molecule has 0 radical (unpaired) electrons. The zero-order valence-corrected chi connectivity index (χ0v) is 13.6. The third-order valence-corrected chi connectivity index (χ3v) is 4.36. The Bertz CT molecular complexity index is 554. The minimum absolute atomic E-state index is 0.175. The first-order chi connectivity index (χ1) is 10.5. The van der Waals surface area contributed by atoms with Crippen LogP contribution < -0.4 is 11.1 Å². The van der Waals surface area contributed by atoms with Crippen molar-refractivity contribution in [1.29, 1.82) is 0 Å². The van der Waals surface area contributed by atoms with Crippen LogP contribution in [0.2, 0.25) is 0 Å². The number of urea groups is 1. The maximum atomic E-state index is 12.8. The molecule has 120 valence electrons. The van der Waals surface area contributed by atoms with Gasteiger partial charge in [-0.25, -0.2) is 4.79 Å². The molecule has 1 aromatic rings. The summed E-state index contributed by atoms with van der Waals surface area (Å²) in [6, 6.07) is 7.62. The second-order valence-electron chi connectivity index (χ2n) is 6.06. The van der Waals surface area contributed by atoms with Crippen molar-refractivity contribution >= 4 is 11.9 Å². The van der Waals surface area contributed by atoms with Crippen molar-refractivity contribution in [2.24, 2.45) is 5.73 Å². The maximum Gasteiger partial charge on any atom is 0.325 e. The summed E-state index contributed by atoms with van der Waals surface area (Å²) in [5, 5.41) is 2.89. The van der Waals surface area contributed by atoms with Gasteiger partial charge in [0.15, 0.2) is 0 Å². The summed E-state index contributed by atoms with van der Waals surface area (Å²) in [5.41, 5.74) is 6.60. The summed E-state index contributed by atoms with van der Waals surface area (Å²) in [6.07, 6.45) is 1.14. The summed E-state index contributed by atoms with van der Waals surface area (Å²) in [5.74, 6) is 0.257. The Morgan fingerprint density at radius 2 is 1.86 bits per heavy atom. The number of benzene rings is 1. The molecule has 1 unspecified atom stereocenters. The Hall–Kier alpha value is -1.88. The van der Waals surface area contributed by atoms with Gasteiger partial charge in [-0.05, 0) is 36.4 Å². The molecule has 22 heavy (non-hydrogen) atoms. The van der Waals surface area contributed by atoms with Crippen LogP contribution in [0.1, 0.15) is 50.7 Å². The Morgan fingerprint density at radius 1 is 1.23 bits per heavy atom. The van der Waals surface area contributed by atoms with E-state index in [-0.39, 0.29) is 11.9 Å². The molecular formula is C17H25N3O2. The van der Waals surface area contributed by atoms with Crippen molar-refractivity contribution < 1.29 is 9.59 Å². The monoisotopic (exact) mass is 303 g/mol. The molecule has 0 bridgehead atoms. The molecule has 5 nitrogen and oxygen atoms in total. The van der Waals surface area contributed by atoms with E-state index in [0.717, 1.165) is 5.56 Å². The second-order valence-corrected chi connectivity index (χ2v) is 6.06. The van der Waals surface area contributed by atoms with Crippen LogP contribution in [-0.4, -0.2) is 29.9 Å². The molecule has 5 heteroatoms. The van der Waals surface area contributed by atoms with Gasteiger partial charge in [0.05, 0.1) is 0 Å². The highest BCUT2D eigenvalue weighted by atomic mass is 16.2. The van der Waals surface area contributed by atoms with Gasteiger partial charge in [-0.15, -0.1) is 0 Å². The Labute approximate surface area is 131 Å². The molecule has 0 aromatic heterocycles. The average molecular weight is 303 g/mol. The predicted molar refractivity (Wildman–Crippen MR) is 86.4 cm³/mol. The topological polar surface area (TPSA) is 75.4 Å². The minimum Gasteiger partial charge on any atom is -0.330 e. The first kappa shape index (κ1) is 16.5. The van der Waals surface area contributed by atoms with Crippen molar-refractivity contribution in [3.05, 3.63) is 35.4 Å². The fourth-order valence-electron chi connectivity index (χ4n) is 2.87. The molecule has 3 N–H and O–H groups in total. The largest absolute Gasteiger partial charge is 0.330 e. The molecule has 1 aliphatic rings. The SMILES string of the molecule is CCC1(c2ccc(C(C)C)cc2)NC(=O)N(CCCN)C1=O. The lowest BCUT2D eigenvalue weighted by Gasteiger charge is -2.26. The lowest BCUT2D eigenvalue weighted by molar-refractivity contribution is -0.131. The maximum absolute atomic E-state index is 12.8. The highest BCUT2D eigenvalue weighted by Crippen LogP contribution is 2.33. The summed E-state index contributed by atoms with van der Waals surface area (Å²) >= 11 is 0. The summed E-state index contributed by atoms with van der Waals surface area (Å²) in [4.78, 5) is 26.2. The van der Waals surface area contributed by atoms with Crippen molar-refractivity contribution in [2.45, 2.75) is 45.1 Å². The molecule has 3 amide bonds. The van der Waals surface area contributed by atoms with E-state index in [9.17, 15) is 9.59 Å². The van der Waals surface area contributed by atoms with Crippen LogP contribution >= 0.6 is 0 Å². The van der Waals surface area contributed by atoms with Crippen LogP contribution in [0.3, 0.4) is 0 Å². The fourth-order valence-corrected chi connectivity index (χ4v) is 2.87. The Morgan fingerprint density at radius 3 is 2.36 bits per heavy atom. The van der Waals surface area contributed by atoms with Crippen molar-refractivity contribution in [3.63, 3.8) is 0 Å². The van der Waals surface area contributed by atoms with E-state index in [0.29, 0.717) is 31.8 Å². The lowest BCUT2D eigenvalue weighted by atomic mass is 9.86. The number of imide groups is 1. The van der Waals surface area contributed by atoms with Crippen LogP contribution in [0.5, 0.6) is 0 Å². The van der Waals surface area contributed by atoms with Gasteiger partial charge in [-0.2, -0.15) is 0 Å². The van der Waals surface area contributed by atoms with E-state index in [1.54, 1.807) is 0 Å². The number of carbonyl (C=O) groups excluding carboxylic acids is 2. The van der Waals surface area contributed by atoms with E-state index < -0.39 is 5.54 Å². The average Bonchev–Trinajstić information content (AvgIpc) is 2.77. The van der Waals surface area contributed by atoms with E-state index >= 15 is 0 Å². The smallest absolute Gasteiger partial charge is 0.325 e. The minimum atomic E-state index is -0.943. The van der Waals surface area contributed by atoms with Crippen molar-refractivity contribution in [2.75, 3.05) is 13.1 Å². The van der Waals surface area contributed by atoms with Gasteiger partial charge in [0.2, 0.25) is 0 Å². The zero-order valence-electron chi connectivity index (χ0n) is 13.6. The highest BCUT2D eigenvalue weighted by Gasteiger charge is 2.50. The zero-order chi connectivity index (χ0) is 16.3. The van der Waals surface area contributed by atoms with Crippen molar-refractivity contribution in [1.82, 2.24) is 10.2 Å². The summed E-state index contributed by atoms with van der Waals surface area (Å²) in [7, 11) is 0. The van der Waals surface area contributed by atoms with Gasteiger partial charge in [-0.1, -0.05) is 45.0 Å². The van der Waals surface area contributed by atoms with Crippen LogP contribution in [-0.2, 0) is 10.3 Å². The predicted octanol–water partition coefficient (Wildman–Crippen LogP) is 2.32. The van der Waals surface area contributed by atoms with Crippen molar-refractivity contribution in [3.8, 4) is 0 Å². The number of nitrogens with zero attached hydrogens (tertiary/aromatic N) is 1. The lowest BCUT2D eigenvalue weighted by Crippen LogP contribution is -2.43. The summed E-state index contributed by atoms with van der Waals surface area (Å²) < 4.78 is 0. The van der Waals surface area contributed by atoms with Crippen LogP contribution in [0.4, 0.5) is 4.79 Å². The Kier molecular flexibility index (Phi) is 4.86. The van der Waals surface area contributed by atoms with Gasteiger partial charge >= 0.3 is 6.03 Å². The number of carbonyl (C=O) groups is 2. The third kappa shape index (κ3) is 2.73. The molecule has 1 heterocycles. The number of nitrogens with two attached hydrogens (primary N) is 1. The molecule has 0 saturated carbocycles. The molecule has 2 rings (SSSR count). The number of hydrogen-bond donors (Lipinski definition) is 2. The molecule has 1 atom stereocenters. The molecular weight excluding hydrogens is 278 g/mol. The second kappa shape index (κ2) is 6.48. The number of hydrogen-bond acceptors (Lipinski definition) is 3. The van der Waals surface area contributed by atoms with Crippen LogP contribution in [0.25, 0.3) is 0 Å². The highest BCUT2D eigenvalue weighted by molar-refractivity contribution is 6.07. The fraction of sp³-hybridized carbons (Fsp3) is 0.529. The Balaban J connectivity index is 2.33. The molecule has 1 aliphatic heterocycles. The van der Waals surface area contributed by atoms with Crippen LogP contribution in [0, 0.1) is 0 Å². The number of rotatable bonds is 6. The van der Waals surface area contributed by atoms with E-state index in [1.165, 1.54) is 10.5 Å². The van der Waals surface area contributed by atoms with E-state index in [4.69, 9.17) is 5.73 Å². The number of nitrogens with one attached hydrogen (secondary N) is 1. The van der Waals surface area contributed by atoms with Crippen LogP contribution in [0.15, 0.2) is 24.3 Å². The first-order valence-electron chi connectivity index (χ1n) is 7.91. The molecule has 1 saturated heterocycles. The first-order valence-corrected chi connectivity index (χ1v) is 7.91. The standard InChI is InChI=1S/C17H25N3O2/c1-4-17(14-8-6-13(7-9-14)12(2)3)15(21)20(11-5-10-18)16(22)19-17/h6-9,12H,4-5,10-11,18H2,1-3H3,(H,19,22). The van der Waals surface area contributed by atoms with Gasteiger partial charge in [0.1, 0.15) is 5.54 Å².